The molecule has 0 aliphatic carbocycles. The summed E-state index contributed by atoms with van der Waals surface area (Å²) in [6.45, 7) is 3.34. The van der Waals surface area contributed by atoms with Crippen LogP contribution in [-0.4, -0.2) is 13.6 Å². The van der Waals surface area contributed by atoms with Crippen LogP contribution in [-0.2, 0) is 5.33 Å². The van der Waals surface area contributed by atoms with Gasteiger partial charge in [0.15, 0.2) is 0 Å². The van der Waals surface area contributed by atoms with Crippen molar-refractivity contribution in [2.24, 2.45) is 0 Å². The van der Waals surface area contributed by atoms with Crippen molar-refractivity contribution in [3.8, 4) is 0 Å². The predicted molar refractivity (Wildman–Crippen MR) is 75.0 cm³/mol. The predicted octanol–water partition coefficient (Wildman–Crippen LogP) is 4.58. The lowest BCUT2D eigenvalue weighted by atomic mass is 10.2. The monoisotopic (exact) mass is 333 g/mol. The number of alkyl halides is 1. The van der Waals surface area contributed by atoms with Crippen molar-refractivity contribution in [1.82, 2.24) is 0 Å². The quantitative estimate of drug-likeness (QED) is 0.712. The average Bonchev–Trinajstić information content (AvgIpc) is 2.25. The van der Waals surface area contributed by atoms with Crippen LogP contribution in [0.4, 0.5) is 5.69 Å². The molecule has 15 heavy (non-hydrogen) atoms. The molecule has 1 aromatic rings. The zero-order valence-corrected chi connectivity index (χ0v) is 12.4. The summed E-state index contributed by atoms with van der Waals surface area (Å²) in [6, 6.07) is 6.53. The van der Waals surface area contributed by atoms with Crippen LogP contribution in [0.1, 0.15) is 25.3 Å². The Morgan fingerprint density at radius 1 is 1.33 bits per heavy atom. The molecule has 0 N–H and O–H groups in total. The number of hydrogen-bond acceptors (Lipinski definition) is 1. The van der Waals surface area contributed by atoms with Gasteiger partial charge in [0.25, 0.3) is 0 Å². The molecule has 1 aromatic carbocycles. The Labute approximate surface area is 109 Å². The Morgan fingerprint density at radius 3 is 2.60 bits per heavy atom. The van der Waals surface area contributed by atoms with Gasteiger partial charge >= 0.3 is 0 Å². The van der Waals surface area contributed by atoms with Gasteiger partial charge in [0.05, 0.1) is 0 Å². The van der Waals surface area contributed by atoms with Crippen LogP contribution < -0.4 is 4.90 Å². The molecule has 0 aliphatic rings. The highest BCUT2D eigenvalue weighted by molar-refractivity contribution is 9.10. The number of rotatable bonds is 5. The van der Waals surface area contributed by atoms with Gasteiger partial charge < -0.3 is 4.90 Å². The summed E-state index contributed by atoms with van der Waals surface area (Å²) in [7, 11) is 2.14. The van der Waals surface area contributed by atoms with Gasteiger partial charge in [-0.1, -0.05) is 51.3 Å². The highest BCUT2D eigenvalue weighted by atomic mass is 79.9. The van der Waals surface area contributed by atoms with Gasteiger partial charge in [0.1, 0.15) is 0 Å². The van der Waals surface area contributed by atoms with E-state index in [4.69, 9.17) is 0 Å². The zero-order valence-electron chi connectivity index (χ0n) is 9.26. The van der Waals surface area contributed by atoms with Gasteiger partial charge in [-0.25, -0.2) is 0 Å². The molecule has 0 unspecified atom stereocenters. The fourth-order valence-corrected chi connectivity index (χ4v) is 2.78. The van der Waals surface area contributed by atoms with Crippen LogP contribution in [0.5, 0.6) is 0 Å². The molecule has 0 spiro atoms. The molecule has 1 nitrogen and oxygen atoms in total. The van der Waals surface area contributed by atoms with E-state index in [-0.39, 0.29) is 0 Å². The average molecular weight is 335 g/mol. The first-order valence-corrected chi connectivity index (χ1v) is 7.16. The van der Waals surface area contributed by atoms with Crippen LogP contribution in [0.2, 0.25) is 0 Å². The number of unbranched alkanes of at least 4 members (excludes halogenated alkanes) is 1. The zero-order chi connectivity index (χ0) is 11.3. The Kier molecular flexibility index (Phi) is 5.69. The first-order valence-electron chi connectivity index (χ1n) is 5.24. The highest BCUT2D eigenvalue weighted by Gasteiger charge is 2.03. The molecule has 0 saturated heterocycles. The number of nitrogens with zero attached hydrogens (tertiary/aromatic N) is 1. The lowest BCUT2D eigenvalue weighted by Crippen LogP contribution is -2.18. The number of hydrogen-bond donors (Lipinski definition) is 0. The van der Waals surface area contributed by atoms with Crippen molar-refractivity contribution in [2.75, 3.05) is 18.5 Å². The molecule has 0 bridgehead atoms. The van der Waals surface area contributed by atoms with Gasteiger partial charge in [-0.15, -0.1) is 0 Å². The summed E-state index contributed by atoms with van der Waals surface area (Å²) in [5.74, 6) is 0. The number of anilines is 1. The van der Waals surface area contributed by atoms with Crippen LogP contribution in [0, 0.1) is 0 Å². The third-order valence-electron chi connectivity index (χ3n) is 2.47. The Hall–Kier alpha value is -0.0200. The SMILES string of the molecule is CCCCN(C)c1ccc(CBr)c(Br)c1. The maximum Gasteiger partial charge on any atom is 0.0375 e. The third kappa shape index (κ3) is 3.80. The van der Waals surface area contributed by atoms with Gasteiger partial charge in [-0.05, 0) is 24.1 Å². The summed E-state index contributed by atoms with van der Waals surface area (Å²) in [6.07, 6.45) is 2.49. The van der Waals surface area contributed by atoms with Gasteiger partial charge in [-0.2, -0.15) is 0 Å². The first-order chi connectivity index (χ1) is 7.19. The van der Waals surface area contributed by atoms with E-state index in [0.717, 1.165) is 11.9 Å². The molecule has 0 aromatic heterocycles. The first kappa shape index (κ1) is 13.0. The molecule has 84 valence electrons. The van der Waals surface area contributed by atoms with Crippen molar-refractivity contribution in [2.45, 2.75) is 25.1 Å². The van der Waals surface area contributed by atoms with E-state index in [0.29, 0.717) is 0 Å². The van der Waals surface area contributed by atoms with E-state index in [1.165, 1.54) is 28.6 Å². The molecule has 0 aliphatic heterocycles. The van der Waals surface area contributed by atoms with E-state index in [9.17, 15) is 0 Å². The summed E-state index contributed by atoms with van der Waals surface area (Å²) >= 11 is 7.06. The fraction of sp³-hybridized carbons (Fsp3) is 0.500. The number of benzene rings is 1. The van der Waals surface area contributed by atoms with E-state index >= 15 is 0 Å². The maximum absolute atomic E-state index is 3.59. The van der Waals surface area contributed by atoms with Crippen molar-refractivity contribution in [3.05, 3.63) is 28.2 Å². The molecule has 0 fully saturated rings. The van der Waals surface area contributed by atoms with Gasteiger partial charge in [-0.3, -0.25) is 0 Å². The van der Waals surface area contributed by atoms with Gasteiger partial charge in [0, 0.05) is 29.1 Å². The van der Waals surface area contributed by atoms with Crippen LogP contribution >= 0.6 is 31.9 Å². The Bertz CT molecular complexity index is 312. The molecule has 1 rings (SSSR count). The lowest BCUT2D eigenvalue weighted by Gasteiger charge is -2.19. The van der Waals surface area contributed by atoms with Crippen LogP contribution in [0.15, 0.2) is 22.7 Å². The van der Waals surface area contributed by atoms with Crippen molar-refractivity contribution < 1.29 is 0 Å². The van der Waals surface area contributed by atoms with Gasteiger partial charge in [0.2, 0.25) is 0 Å². The van der Waals surface area contributed by atoms with E-state index in [2.05, 4.69) is 68.9 Å². The minimum Gasteiger partial charge on any atom is -0.375 e. The normalized spacial score (nSPS) is 10.4. The van der Waals surface area contributed by atoms with Crippen LogP contribution in [0.25, 0.3) is 0 Å². The van der Waals surface area contributed by atoms with Crippen molar-refractivity contribution >= 4 is 37.5 Å². The highest BCUT2D eigenvalue weighted by Crippen LogP contribution is 2.25. The van der Waals surface area contributed by atoms with Crippen molar-refractivity contribution in [3.63, 3.8) is 0 Å². The molecule has 0 saturated carbocycles. The standard InChI is InChI=1S/C12H17Br2N/c1-3-4-7-15(2)11-6-5-10(9-13)12(14)8-11/h5-6,8H,3-4,7,9H2,1-2H3. The minimum atomic E-state index is 0.895. The topological polar surface area (TPSA) is 3.24 Å². The smallest absolute Gasteiger partial charge is 0.0375 e. The second kappa shape index (κ2) is 6.54. The van der Waals surface area contributed by atoms with E-state index < -0.39 is 0 Å². The lowest BCUT2D eigenvalue weighted by molar-refractivity contribution is 0.766. The molecular weight excluding hydrogens is 318 g/mol. The molecule has 3 heteroatoms. The van der Waals surface area contributed by atoms with E-state index in [1.54, 1.807) is 0 Å². The second-order valence-electron chi connectivity index (χ2n) is 3.68. The summed E-state index contributed by atoms with van der Waals surface area (Å²) in [5, 5.41) is 0.895. The Morgan fingerprint density at radius 2 is 2.07 bits per heavy atom. The summed E-state index contributed by atoms with van der Waals surface area (Å²) in [4.78, 5) is 2.30. The largest absolute Gasteiger partial charge is 0.375 e. The van der Waals surface area contributed by atoms with E-state index in [1.807, 2.05) is 0 Å². The van der Waals surface area contributed by atoms with Crippen molar-refractivity contribution in [1.29, 1.82) is 0 Å². The fourth-order valence-electron chi connectivity index (χ4n) is 1.41. The molecular formula is C12H17Br2N. The minimum absolute atomic E-state index is 0.895. The molecule has 0 heterocycles. The third-order valence-corrected chi connectivity index (χ3v) is 3.81. The van der Waals surface area contributed by atoms with Crippen LogP contribution in [0.3, 0.4) is 0 Å². The summed E-state index contributed by atoms with van der Waals surface area (Å²) in [5.41, 5.74) is 2.57. The second-order valence-corrected chi connectivity index (χ2v) is 5.10. The molecule has 0 radical (unpaired) electrons. The molecule has 0 amide bonds. The maximum atomic E-state index is 3.59. The molecule has 0 atom stereocenters. The number of halogens is 2. The summed E-state index contributed by atoms with van der Waals surface area (Å²) < 4.78 is 1.18. The Balaban J connectivity index is 2.73.